The highest BCUT2D eigenvalue weighted by atomic mass is 16.5. The molecule has 174 valence electrons. The Morgan fingerprint density at radius 2 is 1.80 bits per heavy atom. The van der Waals surface area contributed by atoms with Gasteiger partial charge in [-0.05, 0) is 92.3 Å². The number of nitrogens with zero attached hydrogens (tertiary/aromatic N) is 1. The van der Waals surface area contributed by atoms with E-state index in [1.807, 2.05) is 0 Å². The molecule has 0 bridgehead atoms. The zero-order valence-electron chi connectivity index (χ0n) is 20.8. The number of oxime groups is 1. The van der Waals surface area contributed by atoms with Gasteiger partial charge in [0, 0.05) is 19.1 Å². The Kier molecular flexibility index (Phi) is 7.96. The van der Waals surface area contributed by atoms with E-state index in [1.54, 1.807) is 7.11 Å². The predicted octanol–water partition coefficient (Wildman–Crippen LogP) is 7.56. The molecule has 0 aromatic heterocycles. The summed E-state index contributed by atoms with van der Waals surface area (Å²) >= 11 is 0. The second-order valence-corrected chi connectivity index (χ2v) is 12.0. The lowest BCUT2D eigenvalue weighted by Gasteiger charge is -2.57. The summed E-state index contributed by atoms with van der Waals surface area (Å²) < 4.78 is 5.35. The largest absolute Gasteiger partial charge is 0.411 e. The highest BCUT2D eigenvalue weighted by Gasteiger charge is 2.59. The molecular formula is C27H49NO2. The van der Waals surface area contributed by atoms with Crippen LogP contribution in [-0.2, 0) is 4.74 Å². The molecule has 3 heteroatoms. The number of methoxy groups -OCH3 is 1. The molecule has 0 radical (unpaired) electrons. The van der Waals surface area contributed by atoms with Gasteiger partial charge in [-0.1, -0.05) is 59.0 Å². The van der Waals surface area contributed by atoms with Crippen molar-refractivity contribution in [3.63, 3.8) is 0 Å². The highest BCUT2D eigenvalue weighted by molar-refractivity contribution is 5.90. The Morgan fingerprint density at radius 1 is 1.03 bits per heavy atom. The third-order valence-electron chi connectivity index (χ3n) is 10.00. The predicted molar refractivity (Wildman–Crippen MR) is 126 cm³/mol. The molecule has 3 nitrogen and oxygen atoms in total. The van der Waals surface area contributed by atoms with Crippen LogP contribution >= 0.6 is 0 Å². The van der Waals surface area contributed by atoms with Crippen molar-refractivity contribution in [1.82, 2.24) is 0 Å². The first-order valence-corrected chi connectivity index (χ1v) is 13.0. The third-order valence-corrected chi connectivity index (χ3v) is 10.00. The smallest absolute Gasteiger partial charge is 0.0632 e. The second-order valence-electron chi connectivity index (χ2n) is 12.0. The SMILES string of the molecule is COCCC[C@@]1(C)/C(=N\O)CC[C@H]2[C@@H]3CC[C@H]([C@H](C)CCCC(C)C)[C@@]3(C)CC[C@@H]21. The number of hydrogen-bond acceptors (Lipinski definition) is 3. The summed E-state index contributed by atoms with van der Waals surface area (Å²) in [5.74, 6) is 4.97. The fourth-order valence-corrected chi connectivity index (χ4v) is 8.39. The van der Waals surface area contributed by atoms with Gasteiger partial charge in [0.1, 0.15) is 0 Å². The molecule has 3 rings (SSSR count). The molecule has 7 atom stereocenters. The zero-order valence-corrected chi connectivity index (χ0v) is 20.8. The Bertz CT molecular complexity index is 587. The Balaban J connectivity index is 1.73. The van der Waals surface area contributed by atoms with Crippen molar-refractivity contribution in [3.8, 4) is 0 Å². The summed E-state index contributed by atoms with van der Waals surface area (Å²) in [7, 11) is 1.79. The third kappa shape index (κ3) is 4.48. The minimum Gasteiger partial charge on any atom is -0.411 e. The lowest BCUT2D eigenvalue weighted by molar-refractivity contribution is -0.0461. The average Bonchev–Trinajstić information content (AvgIpc) is 3.05. The molecule has 3 aliphatic rings. The highest BCUT2D eigenvalue weighted by Crippen LogP contribution is 2.66. The van der Waals surface area contributed by atoms with E-state index in [0.29, 0.717) is 11.3 Å². The summed E-state index contributed by atoms with van der Waals surface area (Å²) in [4.78, 5) is 0. The first kappa shape index (κ1) is 24.1. The molecule has 0 amide bonds. The minimum atomic E-state index is 0.0541. The number of hydrogen-bond donors (Lipinski definition) is 1. The molecule has 0 heterocycles. The number of ether oxygens (including phenoxy) is 1. The van der Waals surface area contributed by atoms with Crippen LogP contribution in [0.3, 0.4) is 0 Å². The Morgan fingerprint density at radius 3 is 2.47 bits per heavy atom. The zero-order chi connectivity index (χ0) is 21.9. The normalized spacial score (nSPS) is 41.1. The standard InChI is InChI=1S/C27H49NO2/c1-19(2)9-7-10-20(3)22-12-13-23-21-11-14-25(28-29)27(5,16-8-18-30-6)24(21)15-17-26(22,23)4/h19-24,29H,7-18H2,1-6H3/b28-25-/t20-,21+,22-,23+,24+,26-,27-/m1/s1. The Labute approximate surface area is 186 Å². The van der Waals surface area contributed by atoms with Crippen LogP contribution in [0, 0.1) is 46.3 Å². The summed E-state index contributed by atoms with van der Waals surface area (Å²) in [5.41, 5.74) is 1.65. The van der Waals surface area contributed by atoms with Crippen LogP contribution in [0.2, 0.25) is 0 Å². The van der Waals surface area contributed by atoms with E-state index >= 15 is 0 Å². The summed E-state index contributed by atoms with van der Waals surface area (Å²) in [6.07, 6.45) is 14.1. The molecule has 3 fully saturated rings. The molecule has 0 unspecified atom stereocenters. The van der Waals surface area contributed by atoms with Gasteiger partial charge < -0.3 is 9.94 Å². The van der Waals surface area contributed by atoms with E-state index in [2.05, 4.69) is 39.8 Å². The van der Waals surface area contributed by atoms with Gasteiger partial charge in [0.15, 0.2) is 0 Å². The van der Waals surface area contributed by atoms with Crippen LogP contribution in [0.25, 0.3) is 0 Å². The van der Waals surface area contributed by atoms with Crippen LogP contribution in [-0.4, -0.2) is 24.6 Å². The van der Waals surface area contributed by atoms with Crippen LogP contribution in [0.15, 0.2) is 5.16 Å². The van der Waals surface area contributed by atoms with Gasteiger partial charge in [-0.25, -0.2) is 0 Å². The fourth-order valence-electron chi connectivity index (χ4n) is 8.39. The summed E-state index contributed by atoms with van der Waals surface area (Å²) in [5, 5.41) is 13.6. The van der Waals surface area contributed by atoms with Crippen LogP contribution in [0.4, 0.5) is 0 Å². The topological polar surface area (TPSA) is 41.8 Å². The molecule has 0 saturated heterocycles. The maximum atomic E-state index is 9.80. The van der Waals surface area contributed by atoms with E-state index in [-0.39, 0.29) is 5.41 Å². The van der Waals surface area contributed by atoms with Gasteiger partial charge >= 0.3 is 0 Å². The lowest BCUT2D eigenvalue weighted by Crippen LogP contribution is -2.52. The van der Waals surface area contributed by atoms with Crippen molar-refractivity contribution in [2.45, 2.75) is 105 Å². The first-order chi connectivity index (χ1) is 14.3. The van der Waals surface area contributed by atoms with E-state index < -0.39 is 0 Å². The van der Waals surface area contributed by atoms with Crippen molar-refractivity contribution >= 4 is 5.71 Å². The van der Waals surface area contributed by atoms with E-state index in [4.69, 9.17) is 4.74 Å². The Hall–Kier alpha value is -0.570. The molecule has 1 N–H and O–H groups in total. The molecule has 30 heavy (non-hydrogen) atoms. The van der Waals surface area contributed by atoms with E-state index in [1.165, 1.54) is 51.4 Å². The number of rotatable bonds is 9. The molecule has 0 aromatic carbocycles. The van der Waals surface area contributed by atoms with Gasteiger partial charge in [-0.2, -0.15) is 0 Å². The molecular weight excluding hydrogens is 370 g/mol. The summed E-state index contributed by atoms with van der Waals surface area (Å²) in [6.45, 7) is 13.1. The fraction of sp³-hybridized carbons (Fsp3) is 0.963. The molecule has 0 spiro atoms. The van der Waals surface area contributed by atoms with Gasteiger partial charge in [0.05, 0.1) is 5.71 Å². The van der Waals surface area contributed by atoms with Crippen molar-refractivity contribution in [2.75, 3.05) is 13.7 Å². The maximum absolute atomic E-state index is 9.80. The second kappa shape index (κ2) is 9.92. The molecule has 3 aliphatic carbocycles. The van der Waals surface area contributed by atoms with Gasteiger partial charge in [0.2, 0.25) is 0 Å². The van der Waals surface area contributed by atoms with E-state index in [9.17, 15) is 5.21 Å². The van der Waals surface area contributed by atoms with Crippen LogP contribution in [0.5, 0.6) is 0 Å². The van der Waals surface area contributed by atoms with Gasteiger partial charge in [-0.15, -0.1) is 0 Å². The number of fused-ring (bicyclic) bond motifs is 3. The minimum absolute atomic E-state index is 0.0541. The first-order valence-electron chi connectivity index (χ1n) is 13.0. The van der Waals surface area contributed by atoms with Crippen LogP contribution in [0.1, 0.15) is 105 Å². The lowest BCUT2D eigenvalue weighted by atomic mass is 9.47. The molecule has 0 aromatic rings. The summed E-state index contributed by atoms with van der Waals surface area (Å²) in [6, 6.07) is 0. The van der Waals surface area contributed by atoms with Gasteiger partial charge in [0.25, 0.3) is 0 Å². The van der Waals surface area contributed by atoms with Crippen molar-refractivity contribution in [2.24, 2.45) is 51.5 Å². The maximum Gasteiger partial charge on any atom is 0.0632 e. The van der Waals surface area contributed by atoms with Gasteiger partial charge in [-0.3, -0.25) is 0 Å². The van der Waals surface area contributed by atoms with Crippen LogP contribution < -0.4 is 0 Å². The molecule has 0 aliphatic heterocycles. The van der Waals surface area contributed by atoms with Crippen molar-refractivity contribution in [3.05, 3.63) is 0 Å². The average molecular weight is 420 g/mol. The monoisotopic (exact) mass is 419 g/mol. The van der Waals surface area contributed by atoms with E-state index in [0.717, 1.165) is 61.2 Å². The quantitative estimate of drug-likeness (QED) is 0.238. The molecule has 3 saturated carbocycles. The van der Waals surface area contributed by atoms with Crippen molar-refractivity contribution in [1.29, 1.82) is 0 Å². The van der Waals surface area contributed by atoms with Crippen molar-refractivity contribution < 1.29 is 9.94 Å².